The molecular weight excluding hydrogens is 491 g/mol. The standard InChI is InChI=1S/C25H22F2N3O3PS/c26-17-9-8-14-16(21(17)27)13-35-19-6-2-1-5-15(19)22(14)30-20-7-3-4-11-28(20)25(32)23-24(33-34)18(31)10-12-29(23)30/h1-2,5-6,8-10,12,20,22H,3-4,7,11,13,34H2/t20-,22+/m1/s1. The number of benzene rings is 2. The molecular formula is C25H22F2N3O3PS. The van der Waals surface area contributed by atoms with Gasteiger partial charge in [0.15, 0.2) is 17.3 Å². The Balaban J connectivity index is 1.68. The third-order valence-electron chi connectivity index (χ3n) is 7.02. The van der Waals surface area contributed by atoms with Crippen molar-refractivity contribution in [3.05, 3.63) is 92.9 Å². The number of halogens is 2. The van der Waals surface area contributed by atoms with Crippen LogP contribution >= 0.6 is 21.2 Å². The summed E-state index contributed by atoms with van der Waals surface area (Å²) in [6.07, 6.45) is 3.72. The molecule has 1 saturated heterocycles. The minimum absolute atomic E-state index is 0.0571. The maximum Gasteiger partial charge on any atom is 0.278 e. The molecule has 3 aromatic rings. The molecule has 3 aliphatic rings. The fraction of sp³-hybridized carbons (Fsp3) is 0.280. The topological polar surface area (TPSA) is 54.8 Å². The second-order valence-corrected chi connectivity index (χ2v) is 10.1. The van der Waals surface area contributed by atoms with Gasteiger partial charge in [0, 0.05) is 35.0 Å². The third-order valence-corrected chi connectivity index (χ3v) is 8.37. The summed E-state index contributed by atoms with van der Waals surface area (Å²) in [6.45, 7) is 0.535. The van der Waals surface area contributed by atoms with Crippen LogP contribution in [0.25, 0.3) is 0 Å². The normalized spacial score (nSPS) is 20.9. The van der Waals surface area contributed by atoms with Gasteiger partial charge in [-0.2, -0.15) is 0 Å². The molecule has 0 aliphatic carbocycles. The maximum absolute atomic E-state index is 15.1. The van der Waals surface area contributed by atoms with E-state index >= 15 is 4.39 Å². The third kappa shape index (κ3) is 3.39. The molecule has 1 amide bonds. The Hall–Kier alpha value is -2.90. The lowest BCUT2D eigenvalue weighted by atomic mass is 9.92. The number of fused-ring (bicyclic) bond motifs is 4. The van der Waals surface area contributed by atoms with Gasteiger partial charge in [-0.05, 0) is 42.5 Å². The number of aromatic nitrogens is 1. The number of carbonyl (C=O) groups excluding carboxylic acids is 1. The highest BCUT2D eigenvalue weighted by molar-refractivity contribution is 7.98. The van der Waals surface area contributed by atoms with Crippen LogP contribution in [0.3, 0.4) is 0 Å². The number of hydrogen-bond acceptors (Lipinski definition) is 5. The van der Waals surface area contributed by atoms with E-state index in [4.69, 9.17) is 4.52 Å². The van der Waals surface area contributed by atoms with E-state index in [0.717, 1.165) is 29.4 Å². The number of hydrogen-bond donors (Lipinski definition) is 0. The maximum atomic E-state index is 15.1. The molecule has 10 heteroatoms. The number of piperidine rings is 1. The van der Waals surface area contributed by atoms with Crippen molar-refractivity contribution in [2.75, 3.05) is 11.6 Å². The van der Waals surface area contributed by atoms with Crippen molar-refractivity contribution < 1.29 is 18.1 Å². The van der Waals surface area contributed by atoms with Gasteiger partial charge >= 0.3 is 0 Å². The van der Waals surface area contributed by atoms with E-state index in [1.54, 1.807) is 21.8 Å². The van der Waals surface area contributed by atoms with E-state index < -0.39 is 23.1 Å². The fourth-order valence-electron chi connectivity index (χ4n) is 5.46. The lowest BCUT2D eigenvalue weighted by Gasteiger charge is -2.52. The Morgan fingerprint density at radius 3 is 2.69 bits per heavy atom. The monoisotopic (exact) mass is 513 g/mol. The molecule has 0 radical (unpaired) electrons. The van der Waals surface area contributed by atoms with Gasteiger partial charge in [-0.15, -0.1) is 11.8 Å². The summed E-state index contributed by atoms with van der Waals surface area (Å²) in [5, 5.41) is 2.03. The number of amides is 1. The van der Waals surface area contributed by atoms with E-state index in [0.29, 0.717) is 24.1 Å². The number of thioether (sulfide) groups is 1. The molecule has 6 nitrogen and oxygen atoms in total. The summed E-state index contributed by atoms with van der Waals surface area (Å²) in [6, 6.07) is 11.5. The molecule has 0 bridgehead atoms. The van der Waals surface area contributed by atoms with Crippen LogP contribution in [0.4, 0.5) is 8.78 Å². The van der Waals surface area contributed by atoms with Crippen molar-refractivity contribution in [3.8, 4) is 5.75 Å². The van der Waals surface area contributed by atoms with Gasteiger partial charge < -0.3 is 9.42 Å². The second-order valence-electron chi connectivity index (χ2n) is 8.83. The lowest BCUT2D eigenvalue weighted by Crippen LogP contribution is -2.63. The Kier molecular flexibility index (Phi) is 5.57. The Bertz CT molecular complexity index is 1420. The van der Waals surface area contributed by atoms with Crippen LogP contribution in [0.5, 0.6) is 5.75 Å². The minimum atomic E-state index is -0.884. The predicted molar refractivity (Wildman–Crippen MR) is 132 cm³/mol. The van der Waals surface area contributed by atoms with Gasteiger partial charge in [0.2, 0.25) is 11.2 Å². The van der Waals surface area contributed by atoms with Crippen LogP contribution in [0, 0.1) is 11.6 Å². The van der Waals surface area contributed by atoms with Crippen molar-refractivity contribution in [2.24, 2.45) is 0 Å². The molecule has 4 heterocycles. The smallest absolute Gasteiger partial charge is 0.278 e. The first-order valence-electron chi connectivity index (χ1n) is 11.4. The van der Waals surface area contributed by atoms with E-state index in [-0.39, 0.29) is 29.3 Å². The Labute approximate surface area is 207 Å². The fourth-order valence-corrected chi connectivity index (χ4v) is 6.81. The number of carbonyl (C=O) groups is 1. The second kappa shape index (κ2) is 8.64. The molecule has 1 aromatic heterocycles. The molecule has 3 aliphatic heterocycles. The van der Waals surface area contributed by atoms with Gasteiger partial charge in [0.1, 0.15) is 6.17 Å². The van der Waals surface area contributed by atoms with Crippen molar-refractivity contribution in [1.29, 1.82) is 0 Å². The summed E-state index contributed by atoms with van der Waals surface area (Å²) in [7, 11) is 2.06. The summed E-state index contributed by atoms with van der Waals surface area (Å²) in [5.74, 6) is -1.79. The Morgan fingerprint density at radius 1 is 1.03 bits per heavy atom. The van der Waals surface area contributed by atoms with Gasteiger partial charge in [-0.3, -0.25) is 19.3 Å². The first-order chi connectivity index (χ1) is 17.0. The van der Waals surface area contributed by atoms with Crippen molar-refractivity contribution in [2.45, 2.75) is 42.1 Å². The molecule has 0 spiro atoms. The molecule has 180 valence electrons. The van der Waals surface area contributed by atoms with Gasteiger partial charge in [0.25, 0.3) is 5.91 Å². The molecule has 0 N–H and O–H groups in total. The van der Waals surface area contributed by atoms with Crippen molar-refractivity contribution in [3.63, 3.8) is 0 Å². The molecule has 1 fully saturated rings. The highest BCUT2D eigenvalue weighted by Gasteiger charge is 2.45. The quantitative estimate of drug-likeness (QED) is 0.469. The average molecular weight is 514 g/mol. The largest absolute Gasteiger partial charge is 0.474 e. The SMILES string of the molecule is O=C1c2c(OP)c(=O)ccn2N([C@@H]2c3ccccc3SCc3c2ccc(F)c3F)[C@@H]2CCCCN12. The summed E-state index contributed by atoms with van der Waals surface area (Å²) in [5.41, 5.74) is 1.60. The minimum Gasteiger partial charge on any atom is -0.474 e. The molecule has 3 atom stereocenters. The van der Waals surface area contributed by atoms with Gasteiger partial charge in [-0.25, -0.2) is 8.78 Å². The van der Waals surface area contributed by atoms with Gasteiger partial charge in [0.05, 0.1) is 15.5 Å². The van der Waals surface area contributed by atoms with Crippen LogP contribution in [-0.4, -0.2) is 28.2 Å². The summed E-state index contributed by atoms with van der Waals surface area (Å²) in [4.78, 5) is 28.9. The first kappa shape index (κ1) is 22.6. The van der Waals surface area contributed by atoms with Crippen LogP contribution in [0.15, 0.2) is 58.4 Å². The molecule has 6 rings (SSSR count). The molecule has 35 heavy (non-hydrogen) atoms. The zero-order valence-electron chi connectivity index (χ0n) is 18.6. The Morgan fingerprint density at radius 2 is 1.86 bits per heavy atom. The van der Waals surface area contributed by atoms with Crippen molar-refractivity contribution in [1.82, 2.24) is 9.58 Å². The van der Waals surface area contributed by atoms with Gasteiger partial charge in [-0.1, -0.05) is 24.3 Å². The van der Waals surface area contributed by atoms with Crippen molar-refractivity contribution >= 4 is 27.1 Å². The van der Waals surface area contributed by atoms with E-state index in [2.05, 4.69) is 9.47 Å². The highest BCUT2D eigenvalue weighted by Crippen LogP contribution is 2.45. The molecule has 2 aromatic carbocycles. The number of rotatable bonds is 2. The predicted octanol–water partition coefficient (Wildman–Crippen LogP) is 4.59. The molecule has 0 saturated carbocycles. The van der Waals surface area contributed by atoms with E-state index in [1.165, 1.54) is 17.8 Å². The van der Waals surface area contributed by atoms with Crippen LogP contribution < -0.4 is 15.0 Å². The summed E-state index contributed by atoms with van der Waals surface area (Å²) < 4.78 is 36.5. The molecule has 1 unspecified atom stereocenters. The van der Waals surface area contributed by atoms with E-state index in [1.807, 2.05) is 29.3 Å². The first-order valence-corrected chi connectivity index (χ1v) is 12.9. The zero-order valence-corrected chi connectivity index (χ0v) is 20.6. The van der Waals surface area contributed by atoms with Crippen LogP contribution in [0.1, 0.15) is 52.5 Å². The number of nitrogens with zero attached hydrogens (tertiary/aromatic N) is 3. The lowest BCUT2D eigenvalue weighted by molar-refractivity contribution is 0.0464. The zero-order chi connectivity index (χ0) is 24.3. The van der Waals surface area contributed by atoms with Crippen LogP contribution in [-0.2, 0) is 5.75 Å². The van der Waals surface area contributed by atoms with Crippen LogP contribution in [0.2, 0.25) is 0 Å². The van der Waals surface area contributed by atoms with E-state index in [9.17, 15) is 14.0 Å². The highest BCUT2D eigenvalue weighted by atomic mass is 32.2. The number of pyridine rings is 1. The summed E-state index contributed by atoms with van der Waals surface area (Å²) >= 11 is 1.46. The average Bonchev–Trinajstić information content (AvgIpc) is 3.04.